The molecule has 1 aliphatic rings. The molecule has 0 fully saturated rings. The van der Waals surface area contributed by atoms with Crippen LogP contribution < -0.4 is 5.73 Å². The van der Waals surface area contributed by atoms with Gasteiger partial charge in [-0.15, -0.1) is 11.1 Å². The van der Waals surface area contributed by atoms with Gasteiger partial charge < -0.3 is 5.73 Å². The Morgan fingerprint density at radius 2 is 2.00 bits per heavy atom. The van der Waals surface area contributed by atoms with E-state index in [4.69, 9.17) is 5.73 Å². The number of hydrogen-bond acceptors (Lipinski definition) is 1. The van der Waals surface area contributed by atoms with Gasteiger partial charge in [-0.05, 0) is 0 Å². The number of fused-ring (bicyclic) bond motifs is 1. The second kappa shape index (κ2) is 4.24. The van der Waals surface area contributed by atoms with Gasteiger partial charge in [0.25, 0.3) is 0 Å². The van der Waals surface area contributed by atoms with Crippen LogP contribution in [0, 0.1) is 13.0 Å². The van der Waals surface area contributed by atoms with Crippen molar-refractivity contribution in [2.24, 2.45) is 0 Å². The summed E-state index contributed by atoms with van der Waals surface area (Å²) in [6, 6.07) is 5.19. The molecule has 0 atom stereocenters. The molecule has 0 spiro atoms. The summed E-state index contributed by atoms with van der Waals surface area (Å²) in [5.74, 6) is 0. The molecule has 73 valence electrons. The molecule has 0 saturated carbocycles. The number of benzene rings is 1. The van der Waals surface area contributed by atoms with E-state index in [-0.39, 0.29) is 19.5 Å². The van der Waals surface area contributed by atoms with Crippen LogP contribution in [0.15, 0.2) is 6.07 Å². The van der Waals surface area contributed by atoms with Crippen molar-refractivity contribution in [3.8, 4) is 0 Å². The van der Waals surface area contributed by atoms with Gasteiger partial charge >= 0.3 is 0 Å². The topological polar surface area (TPSA) is 26.0 Å². The fourth-order valence-electron chi connectivity index (χ4n) is 1.93. The third-order valence-corrected chi connectivity index (χ3v) is 2.76. The van der Waals surface area contributed by atoms with Gasteiger partial charge in [-0.1, -0.05) is 38.3 Å². The molecular formula is C11H14NRh-. The predicted molar refractivity (Wildman–Crippen MR) is 51.1 cm³/mol. The first-order valence-electron chi connectivity index (χ1n) is 4.57. The monoisotopic (exact) mass is 263 g/mol. The summed E-state index contributed by atoms with van der Waals surface area (Å²) in [5.41, 5.74) is 10.8. The summed E-state index contributed by atoms with van der Waals surface area (Å²) in [7, 11) is 0. The Morgan fingerprint density at radius 1 is 1.31 bits per heavy atom. The summed E-state index contributed by atoms with van der Waals surface area (Å²) in [5, 5.41) is 0. The van der Waals surface area contributed by atoms with Crippen molar-refractivity contribution in [3.63, 3.8) is 0 Å². The van der Waals surface area contributed by atoms with E-state index in [0.29, 0.717) is 0 Å². The molecule has 0 heterocycles. The molecule has 0 aromatic heterocycles. The van der Waals surface area contributed by atoms with Gasteiger partial charge in [0.2, 0.25) is 0 Å². The second-order valence-electron chi connectivity index (χ2n) is 3.53. The summed E-state index contributed by atoms with van der Waals surface area (Å²) in [4.78, 5) is 0. The van der Waals surface area contributed by atoms with Gasteiger partial charge in [-0.25, -0.2) is 0 Å². The van der Waals surface area contributed by atoms with Crippen LogP contribution in [0.2, 0.25) is 0 Å². The number of rotatable bonds is 0. The molecule has 13 heavy (non-hydrogen) atoms. The minimum atomic E-state index is 0. The Morgan fingerprint density at radius 3 is 2.77 bits per heavy atom. The van der Waals surface area contributed by atoms with Crippen LogP contribution in [0.25, 0.3) is 0 Å². The number of nitrogen functional groups attached to an aromatic ring is 1. The SMILES string of the molecule is Cc1c(N)c[c-]c2c1CCCC2.[Rh]. The van der Waals surface area contributed by atoms with Crippen molar-refractivity contribution < 1.29 is 19.5 Å². The van der Waals surface area contributed by atoms with Crippen LogP contribution in [-0.2, 0) is 32.3 Å². The third kappa shape index (κ3) is 1.94. The summed E-state index contributed by atoms with van der Waals surface area (Å²) < 4.78 is 0. The Balaban J connectivity index is 0.000000845. The molecule has 2 N–H and O–H groups in total. The number of anilines is 1. The zero-order valence-corrected chi connectivity index (χ0v) is 9.46. The van der Waals surface area contributed by atoms with E-state index in [0.717, 1.165) is 5.69 Å². The molecule has 0 saturated heterocycles. The van der Waals surface area contributed by atoms with E-state index in [1.807, 2.05) is 6.07 Å². The first-order chi connectivity index (χ1) is 5.79. The van der Waals surface area contributed by atoms with E-state index < -0.39 is 0 Å². The maximum atomic E-state index is 5.81. The third-order valence-electron chi connectivity index (χ3n) is 2.76. The predicted octanol–water partition coefficient (Wildman–Crippen LogP) is 2.25. The maximum Gasteiger partial charge on any atom is 0 e. The average molecular weight is 263 g/mol. The van der Waals surface area contributed by atoms with Gasteiger partial charge in [0.15, 0.2) is 0 Å². The van der Waals surface area contributed by atoms with Crippen molar-refractivity contribution in [2.45, 2.75) is 32.6 Å². The fraction of sp³-hybridized carbons (Fsp3) is 0.455. The summed E-state index contributed by atoms with van der Waals surface area (Å²) >= 11 is 0. The quantitative estimate of drug-likeness (QED) is 0.433. The molecule has 0 bridgehead atoms. The largest absolute Gasteiger partial charge is 0.449 e. The molecule has 0 aliphatic heterocycles. The number of hydrogen-bond donors (Lipinski definition) is 1. The zero-order valence-electron chi connectivity index (χ0n) is 7.82. The second-order valence-corrected chi connectivity index (χ2v) is 3.53. The Bertz CT molecular complexity index is 307. The van der Waals surface area contributed by atoms with Gasteiger partial charge in [0, 0.05) is 19.5 Å². The number of nitrogens with two attached hydrogens (primary N) is 1. The maximum absolute atomic E-state index is 5.81. The van der Waals surface area contributed by atoms with E-state index in [1.54, 1.807) is 0 Å². The van der Waals surface area contributed by atoms with Crippen LogP contribution in [0.3, 0.4) is 0 Å². The molecule has 1 nitrogen and oxygen atoms in total. The van der Waals surface area contributed by atoms with Gasteiger partial charge in [-0.2, -0.15) is 17.7 Å². The van der Waals surface area contributed by atoms with Crippen LogP contribution in [0.4, 0.5) is 5.69 Å². The van der Waals surface area contributed by atoms with E-state index in [2.05, 4.69) is 13.0 Å². The molecular weight excluding hydrogens is 249 g/mol. The Labute approximate surface area is 92.5 Å². The number of aryl methyl sites for hydroxylation is 1. The molecule has 0 unspecified atom stereocenters. The van der Waals surface area contributed by atoms with Crippen LogP contribution in [0.1, 0.15) is 29.5 Å². The molecule has 1 aliphatic carbocycles. The summed E-state index contributed by atoms with van der Waals surface area (Å²) in [6.07, 6.45) is 5.01. The normalized spacial score (nSPS) is 14.5. The Kier molecular flexibility index (Phi) is 3.49. The van der Waals surface area contributed by atoms with E-state index in [9.17, 15) is 0 Å². The molecule has 0 amide bonds. The summed E-state index contributed by atoms with van der Waals surface area (Å²) in [6.45, 7) is 2.12. The van der Waals surface area contributed by atoms with Gasteiger partial charge in [-0.3, -0.25) is 0 Å². The van der Waals surface area contributed by atoms with Gasteiger partial charge in [0.05, 0.1) is 0 Å². The first-order valence-corrected chi connectivity index (χ1v) is 4.57. The van der Waals surface area contributed by atoms with E-state index >= 15 is 0 Å². The molecule has 1 aromatic rings. The molecule has 2 heteroatoms. The van der Waals surface area contributed by atoms with Crippen molar-refractivity contribution >= 4 is 5.69 Å². The Hall–Kier alpha value is -0.357. The van der Waals surface area contributed by atoms with E-state index in [1.165, 1.54) is 42.4 Å². The zero-order chi connectivity index (χ0) is 8.55. The fourth-order valence-corrected chi connectivity index (χ4v) is 1.93. The van der Waals surface area contributed by atoms with Crippen LogP contribution in [-0.4, -0.2) is 0 Å². The standard InChI is InChI=1S/C11H14N.Rh/c1-8-10-5-3-2-4-9(10)6-7-11(8)12;/h7H,2-5,12H2,1H3;/q-1;. The van der Waals surface area contributed by atoms with Crippen molar-refractivity contribution in [1.29, 1.82) is 0 Å². The molecule has 1 aromatic carbocycles. The van der Waals surface area contributed by atoms with Gasteiger partial charge in [0.1, 0.15) is 0 Å². The first kappa shape index (κ1) is 10.7. The minimum absolute atomic E-state index is 0. The van der Waals surface area contributed by atoms with Crippen molar-refractivity contribution in [2.75, 3.05) is 5.73 Å². The van der Waals surface area contributed by atoms with Crippen LogP contribution in [0.5, 0.6) is 0 Å². The average Bonchev–Trinajstić information content (AvgIpc) is 2.12. The molecule has 2 rings (SSSR count). The minimum Gasteiger partial charge on any atom is -0.449 e. The molecule has 1 radical (unpaired) electrons. The van der Waals surface area contributed by atoms with Crippen molar-refractivity contribution in [1.82, 2.24) is 0 Å². The van der Waals surface area contributed by atoms with Crippen molar-refractivity contribution in [3.05, 3.63) is 28.8 Å². The smallest absolute Gasteiger partial charge is 0 e. The van der Waals surface area contributed by atoms with Crippen LogP contribution >= 0.6 is 0 Å².